The van der Waals surface area contributed by atoms with Crippen LogP contribution >= 0.6 is 0 Å². The molecule has 0 fully saturated rings. The number of rotatable bonds is 3. The van der Waals surface area contributed by atoms with Crippen LogP contribution in [0, 0.1) is 0 Å². The molecule has 11 rings (SSSR count). The van der Waals surface area contributed by atoms with Crippen LogP contribution in [0.2, 0.25) is 13.1 Å². The highest BCUT2D eigenvalue weighted by atomic mass is 28.3. The van der Waals surface area contributed by atoms with Crippen molar-refractivity contribution in [3.8, 4) is 39.1 Å². The van der Waals surface area contributed by atoms with Crippen LogP contribution in [0.1, 0.15) is 22.3 Å². The zero-order valence-electron chi connectivity index (χ0n) is 29.8. The van der Waals surface area contributed by atoms with Gasteiger partial charge in [-0.15, -0.1) is 0 Å². The first-order valence-corrected chi connectivity index (χ1v) is 21.7. The minimum Gasteiger partial charge on any atom is -0.309 e. The fraction of sp³-hybridized carbons (Fsp3) is 0.0588. The summed E-state index contributed by atoms with van der Waals surface area (Å²) in [5, 5.41) is 5.68. The normalized spacial score (nSPS) is 16.3. The Hall–Kier alpha value is -6.22. The van der Waals surface area contributed by atoms with E-state index in [9.17, 15) is 0 Å². The van der Waals surface area contributed by atoms with E-state index < -0.39 is 13.5 Å². The Labute approximate surface area is 311 Å². The van der Waals surface area contributed by atoms with Gasteiger partial charge in [-0.05, 0) is 78.1 Å². The van der Waals surface area contributed by atoms with Crippen LogP contribution < -0.4 is 10.4 Å². The number of hydrogen-bond acceptors (Lipinski definition) is 0. The summed E-state index contributed by atoms with van der Waals surface area (Å²) >= 11 is 0. The maximum absolute atomic E-state index is 2.57. The van der Waals surface area contributed by atoms with Gasteiger partial charge in [0.15, 0.2) is 0 Å². The van der Waals surface area contributed by atoms with Gasteiger partial charge < -0.3 is 4.57 Å². The van der Waals surface area contributed by atoms with E-state index in [1.807, 2.05) is 0 Å². The zero-order valence-corrected chi connectivity index (χ0v) is 30.8. The molecule has 1 nitrogen and oxygen atoms in total. The summed E-state index contributed by atoms with van der Waals surface area (Å²) in [6.45, 7) is 5.13. The van der Waals surface area contributed by atoms with Gasteiger partial charge in [0.2, 0.25) is 0 Å². The molecule has 3 heterocycles. The molecule has 1 unspecified atom stereocenters. The van der Waals surface area contributed by atoms with Crippen LogP contribution in [-0.4, -0.2) is 12.6 Å². The molecule has 0 saturated heterocycles. The summed E-state index contributed by atoms with van der Waals surface area (Å²) in [6.07, 6.45) is 0. The molecule has 0 saturated carbocycles. The predicted molar refractivity (Wildman–Crippen MR) is 226 cm³/mol. The molecule has 0 aliphatic carbocycles. The number of fused-ring (bicyclic) bond motifs is 11. The zero-order chi connectivity index (χ0) is 35.3. The van der Waals surface area contributed by atoms with Crippen LogP contribution in [0.5, 0.6) is 0 Å². The summed E-state index contributed by atoms with van der Waals surface area (Å²) in [5.41, 5.74) is 16.6. The lowest BCUT2D eigenvalue weighted by atomic mass is 9.62. The SMILES string of the molecule is C[Si]1(C)c2ccccc2C2(c3ccccc3-n3c4ccccc4c4cccc2c43)c2cccc(-c3ccc(-c4ccc(-c5ccccc5)cc4)cc3)c21. The quantitative estimate of drug-likeness (QED) is 0.163. The highest BCUT2D eigenvalue weighted by Gasteiger charge is 2.53. The molecule has 0 N–H and O–H groups in total. The van der Waals surface area contributed by atoms with Gasteiger partial charge in [0.1, 0.15) is 8.07 Å². The van der Waals surface area contributed by atoms with Crippen molar-refractivity contribution in [1.82, 2.24) is 4.57 Å². The molecular formula is C51H37NSi. The van der Waals surface area contributed by atoms with Crippen LogP contribution in [0.3, 0.4) is 0 Å². The lowest BCUT2D eigenvalue weighted by Crippen LogP contribution is -2.64. The van der Waals surface area contributed by atoms with Crippen molar-refractivity contribution in [2.45, 2.75) is 18.5 Å². The molecule has 1 spiro atoms. The second-order valence-corrected chi connectivity index (χ2v) is 19.5. The smallest absolute Gasteiger partial charge is 0.113 e. The van der Waals surface area contributed by atoms with Crippen molar-refractivity contribution in [1.29, 1.82) is 0 Å². The van der Waals surface area contributed by atoms with Gasteiger partial charge in [0.05, 0.1) is 22.1 Å². The van der Waals surface area contributed by atoms with Crippen molar-refractivity contribution < 1.29 is 0 Å². The van der Waals surface area contributed by atoms with E-state index in [0.717, 1.165) is 0 Å². The van der Waals surface area contributed by atoms with E-state index in [4.69, 9.17) is 0 Å². The summed E-state index contributed by atoms with van der Waals surface area (Å²) in [7, 11) is -2.22. The van der Waals surface area contributed by atoms with Gasteiger partial charge >= 0.3 is 0 Å². The largest absolute Gasteiger partial charge is 0.309 e. The number of nitrogens with zero attached hydrogens (tertiary/aromatic N) is 1. The molecule has 0 amide bonds. The van der Waals surface area contributed by atoms with Crippen molar-refractivity contribution >= 4 is 40.3 Å². The van der Waals surface area contributed by atoms with Crippen molar-refractivity contribution in [2.24, 2.45) is 0 Å². The summed E-state index contributed by atoms with van der Waals surface area (Å²) in [6, 6.07) is 70.6. The lowest BCUT2D eigenvalue weighted by molar-refractivity contribution is 0.732. The van der Waals surface area contributed by atoms with Gasteiger partial charge in [-0.1, -0.05) is 189 Å². The molecule has 9 aromatic rings. The second-order valence-electron chi connectivity index (χ2n) is 15.2. The molecule has 0 bridgehead atoms. The van der Waals surface area contributed by atoms with Gasteiger partial charge in [-0.3, -0.25) is 0 Å². The maximum Gasteiger partial charge on any atom is 0.113 e. The number of hydrogen-bond donors (Lipinski definition) is 0. The number of aromatic nitrogens is 1. The minimum absolute atomic E-state index is 0.467. The van der Waals surface area contributed by atoms with E-state index >= 15 is 0 Å². The standard InChI is InChI=1S/C51H37NSi/c1-53(2)48-25-11-8-20-43(48)51(42-19-7-10-24-47(42)52-46-23-9-6-16-40(46)41-18-13-21-44(51)49(41)52)45-22-12-17-39(50(45)53)38-32-30-37(31-33-38)36-28-26-35(27-29-36)34-14-4-3-5-15-34/h3-33H,1-2H3. The van der Waals surface area contributed by atoms with E-state index in [1.165, 1.54) is 93.5 Å². The Kier molecular flexibility index (Phi) is 6.39. The van der Waals surface area contributed by atoms with Crippen LogP contribution in [-0.2, 0) is 5.41 Å². The first kappa shape index (κ1) is 30.4. The molecule has 8 aromatic carbocycles. The molecule has 1 atom stereocenters. The second kappa shape index (κ2) is 11.1. The van der Waals surface area contributed by atoms with Crippen molar-refractivity contribution in [2.75, 3.05) is 0 Å². The third kappa shape index (κ3) is 4.07. The number of para-hydroxylation sites is 3. The molecule has 2 aliphatic heterocycles. The molecule has 53 heavy (non-hydrogen) atoms. The van der Waals surface area contributed by atoms with Crippen LogP contribution in [0.4, 0.5) is 0 Å². The van der Waals surface area contributed by atoms with Crippen LogP contribution in [0.15, 0.2) is 188 Å². The molecule has 1 aromatic heterocycles. The van der Waals surface area contributed by atoms with Gasteiger partial charge in [-0.2, -0.15) is 0 Å². The topological polar surface area (TPSA) is 4.93 Å². The number of benzene rings is 8. The highest BCUT2D eigenvalue weighted by molar-refractivity contribution is 7.02. The van der Waals surface area contributed by atoms with Gasteiger partial charge in [0.25, 0.3) is 0 Å². The minimum atomic E-state index is -2.22. The molecule has 0 radical (unpaired) electrons. The Bertz CT molecular complexity index is 2900. The Morgan fingerprint density at radius 1 is 0.396 bits per heavy atom. The average molecular weight is 692 g/mol. The summed E-state index contributed by atoms with van der Waals surface area (Å²) in [4.78, 5) is 0. The van der Waals surface area contributed by atoms with Crippen molar-refractivity contribution in [3.05, 3.63) is 210 Å². The molecule has 2 heteroatoms. The van der Waals surface area contributed by atoms with Gasteiger partial charge in [0, 0.05) is 10.8 Å². The Morgan fingerprint density at radius 3 is 1.68 bits per heavy atom. The van der Waals surface area contributed by atoms with E-state index in [-0.39, 0.29) is 0 Å². The molecule has 2 aliphatic rings. The third-order valence-corrected chi connectivity index (χ3v) is 15.8. The third-order valence-electron chi connectivity index (χ3n) is 12.3. The fourth-order valence-electron chi connectivity index (χ4n) is 10.0. The van der Waals surface area contributed by atoms with Crippen molar-refractivity contribution in [3.63, 3.8) is 0 Å². The van der Waals surface area contributed by atoms with Gasteiger partial charge in [-0.25, -0.2) is 0 Å². The Morgan fingerprint density at radius 2 is 0.925 bits per heavy atom. The molecular weight excluding hydrogens is 655 g/mol. The fourth-order valence-corrected chi connectivity index (χ4v) is 13.6. The maximum atomic E-state index is 2.57. The van der Waals surface area contributed by atoms with E-state index in [1.54, 1.807) is 0 Å². The predicted octanol–water partition coefficient (Wildman–Crippen LogP) is 11.6. The van der Waals surface area contributed by atoms with Crippen LogP contribution in [0.25, 0.3) is 60.9 Å². The van der Waals surface area contributed by atoms with E-state index in [2.05, 4.69) is 206 Å². The summed E-state index contributed by atoms with van der Waals surface area (Å²) < 4.78 is 2.54. The first-order chi connectivity index (χ1) is 26.1. The molecule has 250 valence electrons. The Balaban J connectivity index is 1.15. The highest BCUT2D eigenvalue weighted by Crippen LogP contribution is 2.55. The van der Waals surface area contributed by atoms with E-state index in [0.29, 0.717) is 0 Å². The lowest BCUT2D eigenvalue weighted by Gasteiger charge is -2.50. The average Bonchev–Trinajstić information content (AvgIpc) is 3.57. The first-order valence-electron chi connectivity index (χ1n) is 18.7. The monoisotopic (exact) mass is 691 g/mol. The summed E-state index contributed by atoms with van der Waals surface area (Å²) in [5.74, 6) is 0.